The van der Waals surface area contributed by atoms with E-state index in [-0.39, 0.29) is 0 Å². The molecule has 0 atom stereocenters. The minimum atomic E-state index is 0.649. The monoisotopic (exact) mass is 650 g/mol. The molecule has 0 unspecified atom stereocenters. The molecule has 0 N–H and O–H groups in total. The van der Waals surface area contributed by atoms with Gasteiger partial charge >= 0.3 is 0 Å². The third kappa shape index (κ3) is 5.04. The summed E-state index contributed by atoms with van der Waals surface area (Å²) >= 11 is 0. The Labute approximate surface area is 295 Å². The second-order valence-electron chi connectivity index (χ2n) is 12.9. The lowest BCUT2D eigenvalue weighted by Gasteiger charge is -2.11. The van der Waals surface area contributed by atoms with Crippen molar-refractivity contribution >= 4 is 43.4 Å². The van der Waals surface area contributed by atoms with Gasteiger partial charge in [-0.1, -0.05) is 152 Å². The van der Waals surface area contributed by atoms with E-state index < -0.39 is 0 Å². The van der Waals surface area contributed by atoms with Gasteiger partial charge in [0.25, 0.3) is 0 Å². The summed E-state index contributed by atoms with van der Waals surface area (Å²) in [5.41, 5.74) is 8.68. The predicted octanol–water partition coefficient (Wildman–Crippen LogP) is 11.9. The normalized spacial score (nSPS) is 11.5. The number of aromatic nitrogens is 4. The van der Waals surface area contributed by atoms with E-state index in [0.29, 0.717) is 17.5 Å². The maximum absolute atomic E-state index is 4.90. The molecule has 51 heavy (non-hydrogen) atoms. The maximum Gasteiger partial charge on any atom is 0.164 e. The van der Waals surface area contributed by atoms with Crippen LogP contribution >= 0.6 is 0 Å². The van der Waals surface area contributed by atoms with Crippen LogP contribution < -0.4 is 0 Å². The Morgan fingerprint density at radius 1 is 0.314 bits per heavy atom. The van der Waals surface area contributed by atoms with E-state index in [1.807, 2.05) is 60.7 Å². The van der Waals surface area contributed by atoms with Gasteiger partial charge in [0.05, 0.1) is 11.0 Å². The highest BCUT2D eigenvalue weighted by Gasteiger charge is 2.17. The Morgan fingerprint density at radius 2 is 0.784 bits per heavy atom. The van der Waals surface area contributed by atoms with Crippen molar-refractivity contribution in [2.75, 3.05) is 0 Å². The summed E-state index contributed by atoms with van der Waals surface area (Å²) in [7, 11) is 0. The lowest BCUT2D eigenvalue weighted by Crippen LogP contribution is -2.00. The van der Waals surface area contributed by atoms with Gasteiger partial charge < -0.3 is 4.57 Å². The standard InChI is InChI=1S/C47H30N4/c1-3-12-34(13-4-1)45-48-46(35-14-5-2-6-15-35)50-47(49-45)36-21-19-31(20-22-36)32-23-26-39(27-24-32)51-42-28-25-33-11-9-10-18-40(33)44(42)41-29-37-16-7-8-17-38(37)30-43(41)51/h1-30H. The summed E-state index contributed by atoms with van der Waals surface area (Å²) in [5, 5.41) is 7.57. The van der Waals surface area contributed by atoms with Gasteiger partial charge in [-0.2, -0.15) is 0 Å². The fraction of sp³-hybridized carbons (Fsp3) is 0. The Kier molecular flexibility index (Phi) is 6.78. The van der Waals surface area contributed by atoms with Crippen LogP contribution in [0.3, 0.4) is 0 Å². The van der Waals surface area contributed by atoms with E-state index in [2.05, 4.69) is 126 Å². The first-order valence-electron chi connectivity index (χ1n) is 17.2. The fourth-order valence-corrected chi connectivity index (χ4v) is 7.30. The van der Waals surface area contributed by atoms with Crippen molar-refractivity contribution in [2.45, 2.75) is 0 Å². The molecule has 2 heterocycles. The zero-order chi connectivity index (χ0) is 33.7. The van der Waals surface area contributed by atoms with Crippen LogP contribution in [0.5, 0.6) is 0 Å². The summed E-state index contributed by atoms with van der Waals surface area (Å²) in [6.45, 7) is 0. The summed E-state index contributed by atoms with van der Waals surface area (Å²) in [4.78, 5) is 14.6. The molecule has 0 bridgehead atoms. The highest BCUT2D eigenvalue weighted by molar-refractivity contribution is 6.23. The van der Waals surface area contributed by atoms with Gasteiger partial charge in [0.1, 0.15) is 0 Å². The second kappa shape index (κ2) is 11.9. The molecule has 238 valence electrons. The summed E-state index contributed by atoms with van der Waals surface area (Å²) in [6.07, 6.45) is 0. The Bertz CT molecular complexity index is 2820. The van der Waals surface area contributed by atoms with Crippen LogP contribution in [0.4, 0.5) is 0 Å². The fourth-order valence-electron chi connectivity index (χ4n) is 7.30. The Morgan fingerprint density at radius 3 is 1.39 bits per heavy atom. The van der Waals surface area contributed by atoms with Crippen LogP contribution in [0.2, 0.25) is 0 Å². The number of hydrogen-bond acceptors (Lipinski definition) is 3. The molecule has 2 aromatic heterocycles. The second-order valence-corrected chi connectivity index (χ2v) is 12.9. The van der Waals surface area contributed by atoms with Crippen LogP contribution in [0.15, 0.2) is 182 Å². The molecule has 0 fully saturated rings. The van der Waals surface area contributed by atoms with Crippen LogP contribution in [0.1, 0.15) is 0 Å². The van der Waals surface area contributed by atoms with Gasteiger partial charge in [-0.25, -0.2) is 15.0 Å². The van der Waals surface area contributed by atoms with E-state index in [1.165, 1.54) is 43.4 Å². The lowest BCUT2D eigenvalue weighted by molar-refractivity contribution is 1.07. The first-order valence-corrected chi connectivity index (χ1v) is 17.2. The van der Waals surface area contributed by atoms with E-state index in [9.17, 15) is 0 Å². The van der Waals surface area contributed by atoms with Crippen LogP contribution in [0.25, 0.3) is 94.3 Å². The molecule has 4 heteroatoms. The molecule has 0 saturated carbocycles. The van der Waals surface area contributed by atoms with Crippen molar-refractivity contribution < 1.29 is 0 Å². The van der Waals surface area contributed by atoms with Gasteiger partial charge in [-0.15, -0.1) is 0 Å². The smallest absolute Gasteiger partial charge is 0.164 e. The number of rotatable bonds is 5. The first kappa shape index (κ1) is 29.0. The first-order chi connectivity index (χ1) is 25.3. The molecule has 10 rings (SSSR count). The molecule has 8 aromatic carbocycles. The third-order valence-electron chi connectivity index (χ3n) is 9.82. The molecule has 0 aliphatic rings. The number of nitrogens with zero attached hydrogens (tertiary/aromatic N) is 4. The summed E-state index contributed by atoms with van der Waals surface area (Å²) in [5.74, 6) is 1.96. The minimum Gasteiger partial charge on any atom is -0.309 e. The van der Waals surface area contributed by atoms with Crippen molar-refractivity contribution in [2.24, 2.45) is 0 Å². The van der Waals surface area contributed by atoms with E-state index in [1.54, 1.807) is 0 Å². The van der Waals surface area contributed by atoms with Crippen LogP contribution in [-0.2, 0) is 0 Å². The minimum absolute atomic E-state index is 0.649. The molecule has 0 aliphatic carbocycles. The number of hydrogen-bond donors (Lipinski definition) is 0. The Balaban J connectivity index is 1.04. The topological polar surface area (TPSA) is 43.6 Å². The van der Waals surface area contributed by atoms with E-state index in [0.717, 1.165) is 33.5 Å². The van der Waals surface area contributed by atoms with E-state index >= 15 is 0 Å². The molecular weight excluding hydrogens is 621 g/mol. The molecule has 0 aliphatic heterocycles. The van der Waals surface area contributed by atoms with Crippen molar-refractivity contribution in [3.63, 3.8) is 0 Å². The molecule has 0 amide bonds. The average Bonchev–Trinajstić information content (AvgIpc) is 3.54. The van der Waals surface area contributed by atoms with Gasteiger partial charge in [0.2, 0.25) is 0 Å². The van der Waals surface area contributed by atoms with Crippen LogP contribution in [0, 0.1) is 0 Å². The summed E-state index contributed by atoms with van der Waals surface area (Å²) in [6, 6.07) is 64.1. The zero-order valence-corrected chi connectivity index (χ0v) is 27.6. The predicted molar refractivity (Wildman–Crippen MR) is 211 cm³/mol. The maximum atomic E-state index is 4.90. The summed E-state index contributed by atoms with van der Waals surface area (Å²) < 4.78 is 2.41. The van der Waals surface area contributed by atoms with Crippen molar-refractivity contribution in [3.05, 3.63) is 182 Å². The highest BCUT2D eigenvalue weighted by atomic mass is 15.0. The molecule has 0 saturated heterocycles. The Hall–Kier alpha value is -6.91. The number of benzene rings is 8. The van der Waals surface area contributed by atoms with Gasteiger partial charge in [0, 0.05) is 33.2 Å². The molecular formula is C47H30N4. The molecule has 0 radical (unpaired) electrons. The highest BCUT2D eigenvalue weighted by Crippen LogP contribution is 2.39. The van der Waals surface area contributed by atoms with Crippen molar-refractivity contribution in [1.29, 1.82) is 0 Å². The number of fused-ring (bicyclic) bond motifs is 6. The zero-order valence-electron chi connectivity index (χ0n) is 27.6. The molecule has 4 nitrogen and oxygen atoms in total. The van der Waals surface area contributed by atoms with Crippen molar-refractivity contribution in [3.8, 4) is 51.0 Å². The van der Waals surface area contributed by atoms with E-state index in [4.69, 9.17) is 15.0 Å². The molecule has 10 aromatic rings. The third-order valence-corrected chi connectivity index (χ3v) is 9.82. The van der Waals surface area contributed by atoms with Gasteiger partial charge in [-0.3, -0.25) is 0 Å². The largest absolute Gasteiger partial charge is 0.309 e. The van der Waals surface area contributed by atoms with Crippen LogP contribution in [-0.4, -0.2) is 19.5 Å². The average molecular weight is 651 g/mol. The molecule has 0 spiro atoms. The lowest BCUT2D eigenvalue weighted by atomic mass is 10.0. The van der Waals surface area contributed by atoms with Gasteiger partial charge in [0.15, 0.2) is 17.5 Å². The quantitative estimate of drug-likeness (QED) is 0.186. The van der Waals surface area contributed by atoms with Gasteiger partial charge in [-0.05, 0) is 63.0 Å². The van der Waals surface area contributed by atoms with Crippen molar-refractivity contribution in [1.82, 2.24) is 19.5 Å². The SMILES string of the molecule is c1ccc(-c2nc(-c3ccccc3)nc(-c3ccc(-c4ccc(-n5c6cc7ccccc7cc6c6c7ccccc7ccc65)cc4)cc3)n2)cc1.